The average molecular weight is 222 g/mol. The molecule has 0 fully saturated rings. The van der Waals surface area contributed by atoms with E-state index in [1.807, 2.05) is 19.3 Å². The van der Waals surface area contributed by atoms with Crippen LogP contribution in [-0.4, -0.2) is 30.0 Å². The van der Waals surface area contributed by atoms with Crippen LogP contribution in [0.5, 0.6) is 0 Å². The highest BCUT2D eigenvalue weighted by atomic mass is 15.6. The van der Waals surface area contributed by atoms with Crippen LogP contribution in [-0.2, 0) is 20.5 Å². The Morgan fingerprint density at radius 2 is 2.25 bits per heavy atom. The average Bonchev–Trinajstić information content (AvgIpc) is 2.84. The van der Waals surface area contributed by atoms with E-state index in [1.54, 1.807) is 11.7 Å². The second-order valence-electron chi connectivity index (χ2n) is 3.53. The Bertz CT molecular complexity index is 458. The molecule has 0 radical (unpaired) electrons. The van der Waals surface area contributed by atoms with Crippen molar-refractivity contribution in [1.29, 1.82) is 0 Å². The van der Waals surface area contributed by atoms with E-state index in [0.717, 1.165) is 5.69 Å². The molecular weight excluding hydrogens is 208 g/mol. The van der Waals surface area contributed by atoms with Crippen LogP contribution in [0.15, 0.2) is 12.3 Å². The molecule has 8 nitrogen and oxygen atoms in total. The number of aromatic nitrogens is 6. The maximum Gasteiger partial charge on any atom is 0.176 e. The third-order valence-corrected chi connectivity index (χ3v) is 2.23. The van der Waals surface area contributed by atoms with E-state index in [0.29, 0.717) is 12.2 Å². The van der Waals surface area contributed by atoms with Gasteiger partial charge in [0.2, 0.25) is 0 Å². The van der Waals surface area contributed by atoms with E-state index >= 15 is 0 Å². The van der Waals surface area contributed by atoms with Crippen molar-refractivity contribution in [2.45, 2.75) is 12.5 Å². The fraction of sp³-hybridized carbons (Fsp3) is 0.500. The summed E-state index contributed by atoms with van der Waals surface area (Å²) in [7, 11) is 3.58. The van der Waals surface area contributed by atoms with Crippen LogP contribution in [0.2, 0.25) is 0 Å². The summed E-state index contributed by atoms with van der Waals surface area (Å²) < 4.78 is 1.73. The van der Waals surface area contributed by atoms with Gasteiger partial charge < -0.3 is 0 Å². The van der Waals surface area contributed by atoms with Crippen molar-refractivity contribution in [3.63, 3.8) is 0 Å². The van der Waals surface area contributed by atoms with E-state index in [9.17, 15) is 0 Å². The second-order valence-corrected chi connectivity index (χ2v) is 3.53. The van der Waals surface area contributed by atoms with E-state index in [2.05, 4.69) is 25.9 Å². The molecule has 8 heteroatoms. The first-order chi connectivity index (χ1) is 7.69. The van der Waals surface area contributed by atoms with Crippen LogP contribution in [0, 0.1) is 0 Å². The second kappa shape index (κ2) is 4.37. The lowest BCUT2D eigenvalue weighted by Gasteiger charge is -2.10. The smallest absolute Gasteiger partial charge is 0.176 e. The number of nitrogens with two attached hydrogens (primary N) is 1. The first kappa shape index (κ1) is 10.7. The summed E-state index contributed by atoms with van der Waals surface area (Å²) in [5.74, 6) is 6.12. The SMILES string of the molecule is Cn1ccc(C(Cc2nnn(C)n2)NN)n1. The Morgan fingerprint density at radius 1 is 1.44 bits per heavy atom. The molecule has 0 amide bonds. The van der Waals surface area contributed by atoms with Crippen LogP contribution in [0.1, 0.15) is 17.6 Å². The molecule has 0 bridgehead atoms. The Morgan fingerprint density at radius 3 is 2.75 bits per heavy atom. The molecule has 2 aromatic rings. The van der Waals surface area contributed by atoms with Crippen molar-refractivity contribution in [2.24, 2.45) is 19.9 Å². The molecule has 2 heterocycles. The van der Waals surface area contributed by atoms with Gasteiger partial charge >= 0.3 is 0 Å². The van der Waals surface area contributed by atoms with E-state index in [1.165, 1.54) is 4.80 Å². The van der Waals surface area contributed by atoms with Gasteiger partial charge in [0.25, 0.3) is 0 Å². The van der Waals surface area contributed by atoms with Gasteiger partial charge in [-0.15, -0.1) is 10.2 Å². The highest BCUT2D eigenvalue weighted by molar-refractivity contribution is 5.07. The number of hydrogen-bond donors (Lipinski definition) is 2. The van der Waals surface area contributed by atoms with Crippen molar-refractivity contribution in [1.82, 2.24) is 35.4 Å². The summed E-state index contributed by atoms with van der Waals surface area (Å²) in [4.78, 5) is 1.42. The van der Waals surface area contributed by atoms with Crippen molar-refractivity contribution in [3.05, 3.63) is 23.8 Å². The summed E-state index contributed by atoms with van der Waals surface area (Å²) in [6.45, 7) is 0. The molecule has 1 atom stereocenters. The van der Waals surface area contributed by atoms with E-state index in [-0.39, 0.29) is 6.04 Å². The molecule has 0 aliphatic heterocycles. The van der Waals surface area contributed by atoms with Crippen molar-refractivity contribution >= 4 is 0 Å². The predicted octanol–water partition coefficient (Wildman–Crippen LogP) is -1.31. The molecule has 0 aliphatic rings. The summed E-state index contributed by atoms with van der Waals surface area (Å²) in [5, 5.41) is 16.0. The monoisotopic (exact) mass is 222 g/mol. The minimum absolute atomic E-state index is 0.106. The zero-order valence-corrected chi connectivity index (χ0v) is 9.20. The van der Waals surface area contributed by atoms with E-state index in [4.69, 9.17) is 5.84 Å². The van der Waals surface area contributed by atoms with Gasteiger partial charge in [-0.25, -0.2) is 0 Å². The third-order valence-electron chi connectivity index (χ3n) is 2.23. The first-order valence-corrected chi connectivity index (χ1v) is 4.87. The lowest BCUT2D eigenvalue weighted by atomic mass is 10.1. The Labute approximate surface area is 92.4 Å². The summed E-state index contributed by atoms with van der Waals surface area (Å²) in [6.07, 6.45) is 2.42. The fourth-order valence-electron chi connectivity index (χ4n) is 1.46. The highest BCUT2D eigenvalue weighted by Gasteiger charge is 2.15. The Hall–Kier alpha value is -1.80. The van der Waals surface area contributed by atoms with Gasteiger partial charge in [-0.1, -0.05) is 0 Å². The normalized spacial score (nSPS) is 12.9. The number of hydrogen-bond acceptors (Lipinski definition) is 6. The van der Waals surface area contributed by atoms with Gasteiger partial charge in [0.1, 0.15) is 0 Å². The molecule has 0 saturated heterocycles. The van der Waals surface area contributed by atoms with E-state index < -0.39 is 0 Å². The molecule has 0 spiro atoms. The fourth-order valence-corrected chi connectivity index (χ4v) is 1.46. The van der Waals surface area contributed by atoms with Gasteiger partial charge in [-0.3, -0.25) is 16.0 Å². The topological polar surface area (TPSA) is 99.5 Å². The quantitative estimate of drug-likeness (QED) is 0.492. The van der Waals surface area contributed by atoms with Gasteiger partial charge in [0.05, 0.1) is 18.8 Å². The number of tetrazole rings is 1. The summed E-state index contributed by atoms with van der Waals surface area (Å²) in [6, 6.07) is 1.80. The number of aryl methyl sites for hydroxylation is 2. The highest BCUT2D eigenvalue weighted by Crippen LogP contribution is 2.12. The van der Waals surface area contributed by atoms with Crippen LogP contribution < -0.4 is 11.3 Å². The lowest BCUT2D eigenvalue weighted by molar-refractivity contribution is 0.516. The van der Waals surface area contributed by atoms with Gasteiger partial charge in [-0.2, -0.15) is 9.90 Å². The zero-order valence-electron chi connectivity index (χ0n) is 9.20. The summed E-state index contributed by atoms with van der Waals surface area (Å²) in [5.41, 5.74) is 3.56. The standard InChI is InChI=1S/C8H14N8/c1-15-4-3-6(12-15)7(10-9)5-8-11-14-16(2)13-8/h3-4,7,10H,5,9H2,1-2H3. The van der Waals surface area contributed by atoms with Gasteiger partial charge in [-0.05, 0) is 11.3 Å². The molecule has 0 aliphatic carbocycles. The molecule has 16 heavy (non-hydrogen) atoms. The zero-order chi connectivity index (χ0) is 11.5. The van der Waals surface area contributed by atoms with Crippen LogP contribution in [0.4, 0.5) is 0 Å². The number of nitrogens with zero attached hydrogens (tertiary/aromatic N) is 6. The maximum atomic E-state index is 5.49. The molecule has 2 rings (SSSR count). The molecule has 0 aromatic carbocycles. The Kier molecular flexibility index (Phi) is 2.93. The molecule has 1 unspecified atom stereocenters. The molecular formula is C8H14N8. The van der Waals surface area contributed by atoms with Crippen molar-refractivity contribution in [3.8, 4) is 0 Å². The van der Waals surface area contributed by atoms with Crippen LogP contribution in [0.25, 0.3) is 0 Å². The largest absolute Gasteiger partial charge is 0.275 e. The molecule has 3 N–H and O–H groups in total. The third kappa shape index (κ3) is 2.23. The molecule has 0 saturated carbocycles. The minimum atomic E-state index is -0.106. The number of rotatable bonds is 4. The van der Waals surface area contributed by atoms with Gasteiger partial charge in [0.15, 0.2) is 5.82 Å². The molecule has 2 aromatic heterocycles. The first-order valence-electron chi connectivity index (χ1n) is 4.87. The number of hydrazine groups is 1. The van der Waals surface area contributed by atoms with Crippen LogP contribution in [0.3, 0.4) is 0 Å². The number of nitrogens with one attached hydrogen (secondary N) is 1. The summed E-state index contributed by atoms with van der Waals surface area (Å²) >= 11 is 0. The van der Waals surface area contributed by atoms with Crippen molar-refractivity contribution < 1.29 is 0 Å². The maximum absolute atomic E-state index is 5.49. The van der Waals surface area contributed by atoms with Crippen molar-refractivity contribution in [2.75, 3.05) is 0 Å². The lowest BCUT2D eigenvalue weighted by Crippen LogP contribution is -2.30. The predicted molar refractivity (Wildman–Crippen MR) is 55.8 cm³/mol. The van der Waals surface area contributed by atoms with Crippen LogP contribution >= 0.6 is 0 Å². The molecule has 86 valence electrons. The van der Waals surface area contributed by atoms with Gasteiger partial charge in [0, 0.05) is 19.7 Å². The Balaban J connectivity index is 2.12. The minimum Gasteiger partial charge on any atom is -0.275 e.